The predicted molar refractivity (Wildman–Crippen MR) is 81.6 cm³/mol. The Balaban J connectivity index is 1.50. The molecule has 0 bridgehead atoms. The SMILES string of the molecule is O=C(Nc1ccc(NC(=O)C2CC(F)(F)CN2)cc1)NC1CC1. The lowest BCUT2D eigenvalue weighted by molar-refractivity contribution is -0.118. The van der Waals surface area contributed by atoms with Gasteiger partial charge in [-0.3, -0.25) is 10.1 Å². The first-order chi connectivity index (χ1) is 10.9. The van der Waals surface area contributed by atoms with Gasteiger partial charge in [0.1, 0.15) is 0 Å². The molecule has 1 aliphatic carbocycles. The average Bonchev–Trinajstić information content (AvgIpc) is 3.21. The van der Waals surface area contributed by atoms with Gasteiger partial charge in [0.25, 0.3) is 5.92 Å². The monoisotopic (exact) mass is 324 g/mol. The van der Waals surface area contributed by atoms with Gasteiger partial charge in [-0.15, -0.1) is 0 Å². The fourth-order valence-corrected chi connectivity index (χ4v) is 2.35. The molecule has 2 fully saturated rings. The summed E-state index contributed by atoms with van der Waals surface area (Å²) in [7, 11) is 0. The number of rotatable bonds is 4. The van der Waals surface area contributed by atoms with Gasteiger partial charge in [-0.25, -0.2) is 13.6 Å². The number of anilines is 2. The van der Waals surface area contributed by atoms with Crippen LogP contribution in [0.15, 0.2) is 24.3 Å². The third kappa shape index (κ3) is 4.38. The van der Waals surface area contributed by atoms with Gasteiger partial charge < -0.3 is 16.0 Å². The molecule has 1 aliphatic heterocycles. The number of halogens is 2. The van der Waals surface area contributed by atoms with Crippen molar-refractivity contribution in [2.24, 2.45) is 0 Å². The van der Waals surface area contributed by atoms with Gasteiger partial charge in [-0.05, 0) is 37.1 Å². The first kappa shape index (κ1) is 15.7. The molecule has 3 rings (SSSR count). The smallest absolute Gasteiger partial charge is 0.319 e. The molecule has 0 radical (unpaired) electrons. The zero-order valence-electron chi connectivity index (χ0n) is 12.4. The lowest BCUT2D eigenvalue weighted by atomic mass is 10.2. The summed E-state index contributed by atoms with van der Waals surface area (Å²) >= 11 is 0. The minimum Gasteiger partial charge on any atom is -0.335 e. The van der Waals surface area contributed by atoms with E-state index in [9.17, 15) is 18.4 Å². The van der Waals surface area contributed by atoms with Crippen LogP contribution in [0.25, 0.3) is 0 Å². The maximum atomic E-state index is 13.1. The number of hydrogen-bond donors (Lipinski definition) is 4. The van der Waals surface area contributed by atoms with Crippen LogP contribution in [0.1, 0.15) is 19.3 Å². The summed E-state index contributed by atoms with van der Waals surface area (Å²) in [5, 5.41) is 10.6. The Morgan fingerprint density at radius 3 is 2.22 bits per heavy atom. The highest BCUT2D eigenvalue weighted by atomic mass is 19.3. The predicted octanol–water partition coefficient (Wildman–Crippen LogP) is 1.91. The van der Waals surface area contributed by atoms with Crippen LogP contribution in [-0.2, 0) is 4.79 Å². The van der Waals surface area contributed by atoms with Gasteiger partial charge in [-0.1, -0.05) is 0 Å². The van der Waals surface area contributed by atoms with Crippen LogP contribution >= 0.6 is 0 Å². The summed E-state index contributed by atoms with van der Waals surface area (Å²) in [5.74, 6) is -3.33. The summed E-state index contributed by atoms with van der Waals surface area (Å²) in [6, 6.07) is 5.60. The first-order valence-electron chi connectivity index (χ1n) is 7.51. The van der Waals surface area contributed by atoms with Crippen LogP contribution in [0, 0.1) is 0 Å². The molecule has 1 saturated carbocycles. The Morgan fingerprint density at radius 1 is 1.09 bits per heavy atom. The molecule has 23 heavy (non-hydrogen) atoms. The molecule has 124 valence electrons. The van der Waals surface area contributed by atoms with Gasteiger partial charge in [-0.2, -0.15) is 0 Å². The van der Waals surface area contributed by atoms with Gasteiger partial charge in [0, 0.05) is 23.8 Å². The molecule has 1 unspecified atom stereocenters. The quantitative estimate of drug-likeness (QED) is 0.683. The van der Waals surface area contributed by atoms with Gasteiger partial charge in [0.2, 0.25) is 5.91 Å². The van der Waals surface area contributed by atoms with Crippen LogP contribution in [0.2, 0.25) is 0 Å². The normalized spacial score (nSPS) is 22.4. The lowest BCUT2D eigenvalue weighted by Crippen LogP contribution is -2.35. The number of carbonyl (C=O) groups excluding carboxylic acids is 2. The number of carbonyl (C=O) groups is 2. The third-order valence-electron chi connectivity index (χ3n) is 3.75. The Hall–Kier alpha value is -2.22. The van der Waals surface area contributed by atoms with Crippen LogP contribution in [-0.4, -0.2) is 36.5 Å². The first-order valence-corrected chi connectivity index (χ1v) is 7.51. The molecule has 1 aromatic carbocycles. The van der Waals surface area contributed by atoms with E-state index in [1.54, 1.807) is 24.3 Å². The molecule has 0 spiro atoms. The Kier molecular flexibility index (Phi) is 4.16. The van der Waals surface area contributed by atoms with E-state index in [0.717, 1.165) is 12.8 Å². The summed E-state index contributed by atoms with van der Waals surface area (Å²) < 4.78 is 26.1. The Morgan fingerprint density at radius 2 is 1.70 bits per heavy atom. The molecule has 1 aromatic rings. The van der Waals surface area contributed by atoms with Gasteiger partial charge in [0.15, 0.2) is 0 Å². The van der Waals surface area contributed by atoms with Crippen molar-refractivity contribution in [2.75, 3.05) is 17.2 Å². The van der Waals surface area contributed by atoms with Crippen molar-refractivity contribution in [3.05, 3.63) is 24.3 Å². The molecular formula is C15H18F2N4O2. The molecule has 1 saturated heterocycles. The number of benzene rings is 1. The molecule has 0 aromatic heterocycles. The van der Waals surface area contributed by atoms with Crippen LogP contribution < -0.4 is 21.3 Å². The van der Waals surface area contributed by atoms with Crippen LogP contribution in [0.5, 0.6) is 0 Å². The third-order valence-corrected chi connectivity index (χ3v) is 3.75. The van der Waals surface area contributed by atoms with E-state index in [4.69, 9.17) is 0 Å². The van der Waals surface area contributed by atoms with Gasteiger partial charge in [0.05, 0.1) is 12.6 Å². The van der Waals surface area contributed by atoms with Crippen molar-refractivity contribution in [1.29, 1.82) is 0 Å². The van der Waals surface area contributed by atoms with E-state index in [-0.39, 0.29) is 12.1 Å². The summed E-state index contributed by atoms with van der Waals surface area (Å²) in [5.41, 5.74) is 1.08. The second-order valence-electron chi connectivity index (χ2n) is 5.93. The average molecular weight is 324 g/mol. The minimum atomic E-state index is -2.84. The summed E-state index contributed by atoms with van der Waals surface area (Å²) in [6.07, 6.45) is 1.51. The second-order valence-corrected chi connectivity index (χ2v) is 5.93. The molecule has 8 heteroatoms. The van der Waals surface area contributed by atoms with Crippen molar-refractivity contribution >= 4 is 23.3 Å². The number of urea groups is 1. The number of hydrogen-bond acceptors (Lipinski definition) is 3. The van der Waals surface area contributed by atoms with Crippen molar-refractivity contribution in [2.45, 2.75) is 37.3 Å². The van der Waals surface area contributed by atoms with Gasteiger partial charge >= 0.3 is 6.03 Å². The molecule has 3 amide bonds. The van der Waals surface area contributed by atoms with E-state index in [0.29, 0.717) is 11.4 Å². The largest absolute Gasteiger partial charge is 0.335 e. The number of alkyl halides is 2. The molecule has 2 aliphatic rings. The second kappa shape index (κ2) is 6.11. The number of nitrogens with one attached hydrogen (secondary N) is 4. The fourth-order valence-electron chi connectivity index (χ4n) is 2.35. The number of amides is 3. The zero-order valence-corrected chi connectivity index (χ0v) is 12.4. The standard InChI is InChI=1S/C15H18F2N4O2/c16-15(17)7-12(18-8-15)13(22)19-9-1-3-10(4-2-9)20-14(23)21-11-5-6-11/h1-4,11-12,18H,5-8H2,(H,19,22)(H2,20,21,23). The van der Waals surface area contributed by atoms with Crippen molar-refractivity contribution in [3.8, 4) is 0 Å². The highest BCUT2D eigenvalue weighted by molar-refractivity contribution is 5.95. The van der Waals surface area contributed by atoms with Crippen molar-refractivity contribution in [3.63, 3.8) is 0 Å². The van der Waals surface area contributed by atoms with E-state index in [1.807, 2.05) is 0 Å². The van der Waals surface area contributed by atoms with E-state index in [1.165, 1.54) is 0 Å². The molecular weight excluding hydrogens is 306 g/mol. The van der Waals surface area contributed by atoms with Crippen LogP contribution in [0.4, 0.5) is 25.0 Å². The maximum absolute atomic E-state index is 13.1. The highest BCUT2D eigenvalue weighted by Crippen LogP contribution is 2.26. The fraction of sp³-hybridized carbons (Fsp3) is 0.467. The van der Waals surface area contributed by atoms with E-state index < -0.39 is 30.8 Å². The van der Waals surface area contributed by atoms with Crippen LogP contribution in [0.3, 0.4) is 0 Å². The zero-order chi connectivity index (χ0) is 16.4. The van der Waals surface area contributed by atoms with Crippen molar-refractivity contribution < 1.29 is 18.4 Å². The molecule has 1 atom stereocenters. The van der Waals surface area contributed by atoms with Crippen molar-refractivity contribution in [1.82, 2.24) is 10.6 Å². The molecule has 4 N–H and O–H groups in total. The van der Waals surface area contributed by atoms with E-state index >= 15 is 0 Å². The topological polar surface area (TPSA) is 82.3 Å². The maximum Gasteiger partial charge on any atom is 0.319 e. The molecule has 1 heterocycles. The Bertz CT molecular complexity index is 602. The lowest BCUT2D eigenvalue weighted by Gasteiger charge is -2.12. The minimum absolute atomic E-state index is 0.262. The summed E-state index contributed by atoms with van der Waals surface area (Å²) in [6.45, 7) is -0.482. The summed E-state index contributed by atoms with van der Waals surface area (Å²) in [4.78, 5) is 23.5. The highest BCUT2D eigenvalue weighted by Gasteiger charge is 2.42. The molecule has 6 nitrogen and oxygen atoms in total. The Labute approximate surface area is 132 Å². The van der Waals surface area contributed by atoms with E-state index in [2.05, 4.69) is 21.3 Å².